The molecule has 1 unspecified atom stereocenters. The van der Waals surface area contributed by atoms with E-state index in [1.165, 1.54) is 109 Å². The lowest BCUT2D eigenvalue weighted by Crippen LogP contribution is -2.37. The van der Waals surface area contributed by atoms with Gasteiger partial charge in [-0.25, -0.2) is 4.57 Å². The molecule has 0 aliphatic carbocycles. The molecule has 0 aliphatic rings. The Morgan fingerprint density at radius 2 is 0.931 bits per heavy atom. The second kappa shape index (κ2) is 40.6. The number of carbonyl (C=O) groups is 2. The summed E-state index contributed by atoms with van der Waals surface area (Å²) in [6.45, 7) is 4.39. The standard InChI is InChI=1S/C48H90NO8P/c1-6-8-10-12-14-16-18-20-22-23-24-25-27-29-31-33-35-37-39-41-48(51)57-46(45-56-58(52,53)55-43-42-49(3,4)5)44-54-47(50)40-38-36-34-32-30-28-26-21-19-17-15-13-11-9-7-2/h15,17,20-22,26,46H,6-14,16,18-19,23-25,27-45H2,1-5H3/p+1/b17-15-,22-20-,26-21-/t46-/m1/s1. The van der Waals surface area contributed by atoms with Crippen molar-refractivity contribution in [2.75, 3.05) is 47.5 Å². The van der Waals surface area contributed by atoms with E-state index in [-0.39, 0.29) is 32.0 Å². The van der Waals surface area contributed by atoms with Gasteiger partial charge in [0.1, 0.15) is 19.8 Å². The van der Waals surface area contributed by atoms with Gasteiger partial charge in [-0.3, -0.25) is 18.6 Å². The molecule has 0 aromatic heterocycles. The summed E-state index contributed by atoms with van der Waals surface area (Å²) in [5.74, 6) is -0.813. The Labute approximate surface area is 357 Å². The predicted molar refractivity (Wildman–Crippen MR) is 243 cm³/mol. The van der Waals surface area contributed by atoms with Crippen LogP contribution >= 0.6 is 7.82 Å². The van der Waals surface area contributed by atoms with E-state index in [2.05, 4.69) is 50.3 Å². The van der Waals surface area contributed by atoms with Crippen LogP contribution < -0.4 is 0 Å². The van der Waals surface area contributed by atoms with Gasteiger partial charge in [-0.05, 0) is 70.6 Å². The van der Waals surface area contributed by atoms with Crippen LogP contribution in [0.25, 0.3) is 0 Å². The van der Waals surface area contributed by atoms with Crippen molar-refractivity contribution >= 4 is 19.8 Å². The normalized spacial score (nSPS) is 13.8. The third-order valence-corrected chi connectivity index (χ3v) is 11.1. The quantitative estimate of drug-likeness (QED) is 0.0213. The maximum atomic E-state index is 12.7. The van der Waals surface area contributed by atoms with Gasteiger partial charge in [0.05, 0.1) is 27.7 Å². The first kappa shape index (κ1) is 56.2. The number of allylic oxidation sites excluding steroid dienone is 6. The smallest absolute Gasteiger partial charge is 0.462 e. The number of hydrogen-bond acceptors (Lipinski definition) is 7. The van der Waals surface area contributed by atoms with Gasteiger partial charge in [0.25, 0.3) is 0 Å². The number of carbonyl (C=O) groups excluding carboxylic acids is 2. The Hall–Kier alpha value is -1.77. The molecule has 0 bridgehead atoms. The number of phosphoric ester groups is 1. The maximum absolute atomic E-state index is 12.7. The maximum Gasteiger partial charge on any atom is 0.472 e. The van der Waals surface area contributed by atoms with Crippen molar-refractivity contribution < 1.29 is 42.1 Å². The topological polar surface area (TPSA) is 108 Å². The van der Waals surface area contributed by atoms with Crippen LogP contribution in [0.5, 0.6) is 0 Å². The zero-order chi connectivity index (χ0) is 42.8. The molecule has 0 saturated carbocycles. The summed E-state index contributed by atoms with van der Waals surface area (Å²) in [6, 6.07) is 0. The lowest BCUT2D eigenvalue weighted by molar-refractivity contribution is -0.870. The Balaban J connectivity index is 4.32. The number of rotatable bonds is 43. The van der Waals surface area contributed by atoms with E-state index in [9.17, 15) is 19.0 Å². The molecule has 1 N–H and O–H groups in total. The molecular formula is C48H91NO8P+. The lowest BCUT2D eigenvalue weighted by Gasteiger charge is -2.24. The zero-order valence-electron chi connectivity index (χ0n) is 38.3. The molecule has 9 nitrogen and oxygen atoms in total. The molecule has 0 amide bonds. The molecule has 0 aromatic carbocycles. The number of ether oxygens (including phenoxy) is 2. The Morgan fingerprint density at radius 3 is 1.41 bits per heavy atom. The van der Waals surface area contributed by atoms with Crippen LogP contribution in [0.2, 0.25) is 0 Å². The van der Waals surface area contributed by atoms with Gasteiger partial charge in [-0.1, -0.05) is 159 Å². The minimum absolute atomic E-state index is 0.0290. The molecule has 0 aliphatic heterocycles. The van der Waals surface area contributed by atoms with E-state index in [1.807, 2.05) is 21.1 Å². The average Bonchev–Trinajstić information content (AvgIpc) is 3.17. The van der Waals surface area contributed by atoms with Crippen molar-refractivity contribution in [2.45, 2.75) is 213 Å². The van der Waals surface area contributed by atoms with Crippen molar-refractivity contribution in [3.63, 3.8) is 0 Å². The summed E-state index contributed by atoms with van der Waals surface area (Å²) in [4.78, 5) is 35.4. The van der Waals surface area contributed by atoms with E-state index < -0.39 is 26.5 Å². The number of hydrogen-bond donors (Lipinski definition) is 1. The predicted octanol–water partition coefficient (Wildman–Crippen LogP) is 13.7. The monoisotopic (exact) mass is 841 g/mol. The first-order chi connectivity index (χ1) is 28.0. The number of esters is 2. The molecule has 10 heteroatoms. The second-order valence-electron chi connectivity index (χ2n) is 17.1. The summed E-state index contributed by atoms with van der Waals surface area (Å²) in [6.07, 6.45) is 46.1. The minimum Gasteiger partial charge on any atom is -0.462 e. The Bertz CT molecular complexity index is 1090. The SMILES string of the molecule is CCCCC/C=C\C/C=C\CCCCCCCC(=O)OC[C@H](COP(=O)(O)OCC[N+](C)(C)C)OC(=O)CCCCCCCCCCC/C=C\CCCCCCCC. The highest BCUT2D eigenvalue weighted by Gasteiger charge is 2.27. The molecule has 340 valence electrons. The number of quaternary nitrogens is 1. The fourth-order valence-corrected chi connectivity index (χ4v) is 7.13. The van der Waals surface area contributed by atoms with Crippen LogP contribution in [0.4, 0.5) is 0 Å². The summed E-state index contributed by atoms with van der Waals surface area (Å²) < 4.78 is 34.4. The van der Waals surface area contributed by atoms with Crippen molar-refractivity contribution in [1.29, 1.82) is 0 Å². The highest BCUT2D eigenvalue weighted by Crippen LogP contribution is 2.43. The fourth-order valence-electron chi connectivity index (χ4n) is 6.39. The van der Waals surface area contributed by atoms with Crippen LogP contribution in [0.15, 0.2) is 36.5 Å². The summed E-state index contributed by atoms with van der Waals surface area (Å²) >= 11 is 0. The van der Waals surface area contributed by atoms with E-state index in [1.54, 1.807) is 0 Å². The van der Waals surface area contributed by atoms with Crippen molar-refractivity contribution in [1.82, 2.24) is 0 Å². The number of unbranched alkanes of at least 4 members (excludes halogenated alkanes) is 23. The van der Waals surface area contributed by atoms with Crippen molar-refractivity contribution in [3.05, 3.63) is 36.5 Å². The van der Waals surface area contributed by atoms with Crippen molar-refractivity contribution in [3.8, 4) is 0 Å². The Morgan fingerprint density at radius 1 is 0.534 bits per heavy atom. The van der Waals surface area contributed by atoms with Gasteiger partial charge >= 0.3 is 19.8 Å². The molecule has 0 spiro atoms. The fraction of sp³-hybridized carbons (Fsp3) is 0.833. The molecule has 0 radical (unpaired) electrons. The van der Waals surface area contributed by atoms with Crippen LogP contribution in [0, 0.1) is 0 Å². The molecule has 0 heterocycles. The summed E-state index contributed by atoms with van der Waals surface area (Å²) in [5, 5.41) is 0. The highest BCUT2D eigenvalue weighted by atomic mass is 31.2. The number of phosphoric acid groups is 1. The average molecular weight is 841 g/mol. The second-order valence-corrected chi connectivity index (χ2v) is 18.6. The van der Waals surface area contributed by atoms with Gasteiger partial charge in [0.2, 0.25) is 0 Å². The van der Waals surface area contributed by atoms with E-state index in [4.69, 9.17) is 18.5 Å². The highest BCUT2D eigenvalue weighted by molar-refractivity contribution is 7.47. The number of nitrogens with zero attached hydrogens (tertiary/aromatic N) is 1. The van der Waals surface area contributed by atoms with Crippen LogP contribution in [-0.4, -0.2) is 74.9 Å². The molecule has 0 fully saturated rings. The minimum atomic E-state index is -4.38. The van der Waals surface area contributed by atoms with Crippen LogP contribution in [-0.2, 0) is 32.7 Å². The first-order valence-corrected chi connectivity index (χ1v) is 25.2. The largest absolute Gasteiger partial charge is 0.472 e. The summed E-state index contributed by atoms with van der Waals surface area (Å²) in [7, 11) is 1.47. The molecule has 0 aromatic rings. The van der Waals surface area contributed by atoms with Gasteiger partial charge in [-0.2, -0.15) is 0 Å². The van der Waals surface area contributed by atoms with Gasteiger partial charge in [-0.15, -0.1) is 0 Å². The van der Waals surface area contributed by atoms with E-state index in [0.717, 1.165) is 64.2 Å². The Kier molecular flexibility index (Phi) is 39.4. The first-order valence-electron chi connectivity index (χ1n) is 23.7. The molecule has 0 saturated heterocycles. The number of likely N-dealkylation sites (N-methyl/N-ethyl adjacent to an activating group) is 1. The summed E-state index contributed by atoms with van der Waals surface area (Å²) in [5.41, 5.74) is 0. The zero-order valence-corrected chi connectivity index (χ0v) is 39.2. The lowest BCUT2D eigenvalue weighted by atomic mass is 10.1. The molecular weight excluding hydrogens is 750 g/mol. The van der Waals surface area contributed by atoms with Crippen molar-refractivity contribution in [2.24, 2.45) is 0 Å². The van der Waals surface area contributed by atoms with Crippen LogP contribution in [0.3, 0.4) is 0 Å². The molecule has 2 atom stereocenters. The molecule has 58 heavy (non-hydrogen) atoms. The third kappa shape index (κ3) is 43.8. The molecule has 0 rings (SSSR count). The van der Waals surface area contributed by atoms with E-state index >= 15 is 0 Å². The van der Waals surface area contributed by atoms with E-state index in [0.29, 0.717) is 17.4 Å². The van der Waals surface area contributed by atoms with Gasteiger partial charge in [0.15, 0.2) is 6.10 Å². The van der Waals surface area contributed by atoms with Gasteiger partial charge < -0.3 is 18.9 Å². The van der Waals surface area contributed by atoms with Gasteiger partial charge in [0, 0.05) is 12.8 Å². The third-order valence-electron chi connectivity index (χ3n) is 10.1. The van der Waals surface area contributed by atoms with Crippen LogP contribution in [0.1, 0.15) is 206 Å².